The molecule has 3 heterocycles. The predicted octanol–water partition coefficient (Wildman–Crippen LogP) is 0.864. The largest absolute Gasteiger partial charge is 0.328 e. The summed E-state index contributed by atoms with van der Waals surface area (Å²) in [5.74, 6) is 0.552. The summed E-state index contributed by atoms with van der Waals surface area (Å²) in [6, 6.07) is 7.46. The van der Waals surface area contributed by atoms with Gasteiger partial charge in [-0.2, -0.15) is 0 Å². The van der Waals surface area contributed by atoms with Crippen molar-refractivity contribution in [2.24, 2.45) is 11.7 Å². The van der Waals surface area contributed by atoms with Gasteiger partial charge in [-0.25, -0.2) is 4.98 Å². The molecule has 20 heavy (non-hydrogen) atoms. The fraction of sp³-hybridized carbons (Fsp3) is 0.467. The molecule has 0 amide bonds. The molecule has 1 fully saturated rings. The van der Waals surface area contributed by atoms with Crippen molar-refractivity contribution in [2.45, 2.75) is 25.9 Å². The standard InChI is InChI=1S/C15H20N4O/c1-11(16)12-5-7-18(9-12)10-13-8-15(20)19-6-3-2-4-14(19)17-13/h2-4,6,8,11-12H,5,7,9-10,16H2,1H3. The van der Waals surface area contributed by atoms with Crippen molar-refractivity contribution in [3.63, 3.8) is 0 Å². The fourth-order valence-corrected chi connectivity index (χ4v) is 2.85. The van der Waals surface area contributed by atoms with E-state index in [2.05, 4.69) is 16.8 Å². The van der Waals surface area contributed by atoms with E-state index in [9.17, 15) is 4.79 Å². The van der Waals surface area contributed by atoms with Crippen LogP contribution < -0.4 is 11.3 Å². The molecule has 3 rings (SSSR count). The molecule has 1 aliphatic heterocycles. The normalized spacial score (nSPS) is 21.4. The second kappa shape index (κ2) is 5.34. The van der Waals surface area contributed by atoms with Gasteiger partial charge in [0.25, 0.3) is 5.56 Å². The molecule has 2 atom stereocenters. The molecule has 5 nitrogen and oxygen atoms in total. The van der Waals surface area contributed by atoms with Crippen LogP contribution in [0.2, 0.25) is 0 Å². The number of aromatic nitrogens is 2. The van der Waals surface area contributed by atoms with Crippen LogP contribution in [-0.4, -0.2) is 33.4 Å². The Labute approximate surface area is 118 Å². The topological polar surface area (TPSA) is 63.6 Å². The molecular weight excluding hydrogens is 252 g/mol. The van der Waals surface area contributed by atoms with Crippen LogP contribution in [0.4, 0.5) is 0 Å². The van der Waals surface area contributed by atoms with E-state index in [1.165, 1.54) is 0 Å². The van der Waals surface area contributed by atoms with Crippen LogP contribution >= 0.6 is 0 Å². The van der Waals surface area contributed by atoms with Gasteiger partial charge in [0.1, 0.15) is 5.65 Å². The number of hydrogen-bond donors (Lipinski definition) is 1. The molecule has 0 bridgehead atoms. The number of nitrogens with two attached hydrogens (primary N) is 1. The molecule has 0 aromatic carbocycles. The lowest BCUT2D eigenvalue weighted by Crippen LogP contribution is -2.30. The molecule has 106 valence electrons. The number of hydrogen-bond acceptors (Lipinski definition) is 4. The average molecular weight is 272 g/mol. The summed E-state index contributed by atoms with van der Waals surface area (Å²) in [5, 5.41) is 0. The second-order valence-electron chi connectivity index (χ2n) is 5.66. The van der Waals surface area contributed by atoms with Gasteiger partial charge in [-0.05, 0) is 37.9 Å². The van der Waals surface area contributed by atoms with Gasteiger partial charge in [-0.3, -0.25) is 14.1 Å². The molecule has 2 unspecified atom stereocenters. The van der Waals surface area contributed by atoms with Gasteiger partial charge in [-0.1, -0.05) is 6.07 Å². The fourth-order valence-electron chi connectivity index (χ4n) is 2.85. The van der Waals surface area contributed by atoms with Crippen molar-refractivity contribution >= 4 is 5.65 Å². The highest BCUT2D eigenvalue weighted by molar-refractivity contribution is 5.37. The van der Waals surface area contributed by atoms with Crippen molar-refractivity contribution in [2.75, 3.05) is 13.1 Å². The van der Waals surface area contributed by atoms with Crippen molar-refractivity contribution < 1.29 is 0 Å². The first-order chi connectivity index (χ1) is 9.63. The SMILES string of the molecule is CC(N)C1CCN(Cc2cc(=O)n3ccccc3n2)C1. The molecular formula is C15H20N4O. The summed E-state index contributed by atoms with van der Waals surface area (Å²) in [6.07, 6.45) is 2.88. The van der Waals surface area contributed by atoms with E-state index in [0.29, 0.717) is 11.6 Å². The van der Waals surface area contributed by atoms with Crippen LogP contribution in [0.25, 0.3) is 5.65 Å². The Bertz CT molecular complexity index is 664. The van der Waals surface area contributed by atoms with Gasteiger partial charge < -0.3 is 5.73 Å². The van der Waals surface area contributed by atoms with Crippen LogP contribution in [0.3, 0.4) is 0 Å². The van der Waals surface area contributed by atoms with E-state index in [0.717, 1.165) is 31.7 Å². The maximum absolute atomic E-state index is 12.0. The highest BCUT2D eigenvalue weighted by Crippen LogP contribution is 2.19. The van der Waals surface area contributed by atoms with Crippen molar-refractivity contribution in [1.29, 1.82) is 0 Å². The minimum Gasteiger partial charge on any atom is -0.328 e. The van der Waals surface area contributed by atoms with E-state index in [-0.39, 0.29) is 11.6 Å². The predicted molar refractivity (Wildman–Crippen MR) is 78.5 cm³/mol. The Kier molecular flexibility index (Phi) is 3.54. The highest BCUT2D eigenvalue weighted by atomic mass is 16.1. The quantitative estimate of drug-likeness (QED) is 0.900. The molecule has 1 saturated heterocycles. The van der Waals surface area contributed by atoms with Gasteiger partial charge in [-0.15, -0.1) is 0 Å². The van der Waals surface area contributed by atoms with Crippen LogP contribution in [0, 0.1) is 5.92 Å². The highest BCUT2D eigenvalue weighted by Gasteiger charge is 2.25. The molecule has 5 heteroatoms. The van der Waals surface area contributed by atoms with E-state index < -0.39 is 0 Å². The van der Waals surface area contributed by atoms with Gasteiger partial charge in [0.15, 0.2) is 0 Å². The second-order valence-corrected chi connectivity index (χ2v) is 5.66. The Balaban J connectivity index is 1.80. The first kappa shape index (κ1) is 13.3. The van der Waals surface area contributed by atoms with Crippen LogP contribution in [0.15, 0.2) is 35.3 Å². The molecule has 2 aromatic rings. The van der Waals surface area contributed by atoms with Gasteiger partial charge in [0.2, 0.25) is 0 Å². The summed E-state index contributed by atoms with van der Waals surface area (Å²) in [5.41, 5.74) is 7.48. The smallest absolute Gasteiger partial charge is 0.258 e. The lowest BCUT2D eigenvalue weighted by atomic mass is 10.0. The first-order valence-electron chi connectivity index (χ1n) is 7.09. The summed E-state index contributed by atoms with van der Waals surface area (Å²) >= 11 is 0. The molecule has 1 aliphatic rings. The third-order valence-corrected chi connectivity index (χ3v) is 4.06. The minimum absolute atomic E-state index is 0.0199. The van der Waals surface area contributed by atoms with Gasteiger partial charge >= 0.3 is 0 Å². The lowest BCUT2D eigenvalue weighted by molar-refractivity contribution is 0.305. The van der Waals surface area contributed by atoms with E-state index >= 15 is 0 Å². The Morgan fingerprint density at radius 3 is 3.10 bits per heavy atom. The maximum atomic E-state index is 12.0. The third-order valence-electron chi connectivity index (χ3n) is 4.06. The Hall–Kier alpha value is -1.72. The first-order valence-corrected chi connectivity index (χ1v) is 7.09. The molecule has 2 N–H and O–H groups in total. The Morgan fingerprint density at radius 2 is 2.35 bits per heavy atom. The number of pyridine rings is 1. The van der Waals surface area contributed by atoms with E-state index in [1.54, 1.807) is 16.7 Å². The third kappa shape index (κ3) is 2.59. The average Bonchev–Trinajstić information content (AvgIpc) is 2.87. The summed E-state index contributed by atoms with van der Waals surface area (Å²) in [6.45, 7) is 4.81. The number of nitrogens with zero attached hydrogens (tertiary/aromatic N) is 3. The van der Waals surface area contributed by atoms with Crippen molar-refractivity contribution in [3.05, 3.63) is 46.5 Å². The van der Waals surface area contributed by atoms with Gasteiger partial charge in [0.05, 0.1) is 5.69 Å². The van der Waals surface area contributed by atoms with E-state index in [1.807, 2.05) is 18.2 Å². The minimum atomic E-state index is -0.0199. The molecule has 0 radical (unpaired) electrons. The summed E-state index contributed by atoms with van der Waals surface area (Å²) in [4.78, 5) is 18.9. The number of fused-ring (bicyclic) bond motifs is 1. The molecule has 0 saturated carbocycles. The summed E-state index contributed by atoms with van der Waals surface area (Å²) < 4.78 is 1.57. The number of rotatable bonds is 3. The monoisotopic (exact) mass is 272 g/mol. The molecule has 0 spiro atoms. The Morgan fingerprint density at radius 1 is 1.50 bits per heavy atom. The molecule has 0 aliphatic carbocycles. The maximum Gasteiger partial charge on any atom is 0.258 e. The molecule has 2 aromatic heterocycles. The zero-order chi connectivity index (χ0) is 14.1. The number of likely N-dealkylation sites (tertiary alicyclic amines) is 1. The lowest BCUT2D eigenvalue weighted by Gasteiger charge is -2.17. The van der Waals surface area contributed by atoms with Crippen LogP contribution in [0.1, 0.15) is 19.0 Å². The van der Waals surface area contributed by atoms with Crippen molar-refractivity contribution in [3.8, 4) is 0 Å². The zero-order valence-electron chi connectivity index (χ0n) is 11.7. The van der Waals surface area contributed by atoms with Crippen LogP contribution in [0.5, 0.6) is 0 Å². The van der Waals surface area contributed by atoms with Crippen molar-refractivity contribution in [1.82, 2.24) is 14.3 Å². The zero-order valence-corrected chi connectivity index (χ0v) is 11.7. The van der Waals surface area contributed by atoms with Gasteiger partial charge in [0, 0.05) is 31.4 Å². The summed E-state index contributed by atoms with van der Waals surface area (Å²) in [7, 11) is 0. The van der Waals surface area contributed by atoms with Crippen LogP contribution in [-0.2, 0) is 6.54 Å². The van der Waals surface area contributed by atoms with E-state index in [4.69, 9.17) is 5.73 Å².